The zero-order valence-corrected chi connectivity index (χ0v) is 7.96. The van der Waals surface area contributed by atoms with E-state index in [1.165, 1.54) is 5.57 Å². The fourth-order valence-corrected chi connectivity index (χ4v) is 0.840. The second-order valence-corrected chi connectivity index (χ2v) is 2.85. The van der Waals surface area contributed by atoms with Crippen molar-refractivity contribution in [1.29, 1.82) is 0 Å². The van der Waals surface area contributed by atoms with Crippen molar-refractivity contribution in [2.75, 3.05) is 0 Å². The molecule has 0 unspecified atom stereocenters. The second-order valence-electron chi connectivity index (χ2n) is 2.85. The highest BCUT2D eigenvalue weighted by Crippen LogP contribution is 2.10. The van der Waals surface area contributed by atoms with Gasteiger partial charge in [-0.3, -0.25) is 0 Å². The van der Waals surface area contributed by atoms with Crippen molar-refractivity contribution in [2.45, 2.75) is 27.7 Å². The van der Waals surface area contributed by atoms with Gasteiger partial charge in [0, 0.05) is 0 Å². The molecule has 11 heavy (non-hydrogen) atoms. The zero-order chi connectivity index (χ0) is 8.69. The van der Waals surface area contributed by atoms with Crippen molar-refractivity contribution in [1.82, 2.24) is 0 Å². The predicted octanol–water partition coefficient (Wildman–Crippen LogP) is 3.72. The smallest absolute Gasteiger partial charge is 0.0219 e. The lowest BCUT2D eigenvalue weighted by molar-refractivity contribution is 0.791. The third-order valence-electron chi connectivity index (χ3n) is 1.51. The minimum Gasteiger partial charge on any atom is -0.0877 e. The average molecular weight is 150 g/mol. The molecule has 0 N–H and O–H groups in total. The van der Waals surface area contributed by atoms with Crippen LogP contribution in [0.5, 0.6) is 0 Å². The molecule has 0 atom stereocenters. The Balaban J connectivity index is 4.32. The van der Waals surface area contributed by atoms with Crippen molar-refractivity contribution < 1.29 is 0 Å². The van der Waals surface area contributed by atoms with Gasteiger partial charge in [-0.05, 0) is 25.3 Å². The van der Waals surface area contributed by atoms with Crippen LogP contribution in [0.2, 0.25) is 0 Å². The Morgan fingerprint density at radius 1 is 1.09 bits per heavy atom. The molecule has 62 valence electrons. The van der Waals surface area contributed by atoms with Crippen molar-refractivity contribution in [3.8, 4) is 0 Å². The molecule has 0 radical (unpaired) electrons. The second kappa shape index (κ2) is 5.96. The minimum absolute atomic E-state index is 0.613. The molecule has 0 nitrogen and oxygen atoms in total. The molecule has 0 fully saturated rings. The molecule has 0 aromatic carbocycles. The highest BCUT2D eigenvalue weighted by Gasteiger charge is 1.95. The Hall–Kier alpha value is -0.780. The fourth-order valence-electron chi connectivity index (χ4n) is 0.840. The molecule has 0 bridgehead atoms. The summed E-state index contributed by atoms with van der Waals surface area (Å²) in [5, 5.41) is 0. The molecule has 0 amide bonds. The highest BCUT2D eigenvalue weighted by molar-refractivity contribution is 5.24. The van der Waals surface area contributed by atoms with Gasteiger partial charge in [-0.25, -0.2) is 0 Å². The Morgan fingerprint density at radius 3 is 2.09 bits per heavy atom. The molecule has 0 aromatic heterocycles. The summed E-state index contributed by atoms with van der Waals surface area (Å²) in [6, 6.07) is 0. The van der Waals surface area contributed by atoms with Gasteiger partial charge in [0.05, 0.1) is 0 Å². The maximum atomic E-state index is 2.20. The van der Waals surface area contributed by atoms with Crippen molar-refractivity contribution in [3.05, 3.63) is 36.0 Å². The predicted molar refractivity (Wildman–Crippen MR) is 52.5 cm³/mol. The van der Waals surface area contributed by atoms with Gasteiger partial charge >= 0.3 is 0 Å². The van der Waals surface area contributed by atoms with Crippen LogP contribution in [0.1, 0.15) is 27.7 Å². The van der Waals surface area contributed by atoms with E-state index in [2.05, 4.69) is 38.2 Å². The maximum Gasteiger partial charge on any atom is -0.0219 e. The number of allylic oxidation sites excluding steroid dienone is 6. The maximum absolute atomic E-state index is 2.20. The topological polar surface area (TPSA) is 0 Å². The van der Waals surface area contributed by atoms with Gasteiger partial charge in [0.15, 0.2) is 0 Å². The zero-order valence-electron chi connectivity index (χ0n) is 7.96. The van der Waals surface area contributed by atoms with Crippen LogP contribution in [0.4, 0.5) is 0 Å². The summed E-state index contributed by atoms with van der Waals surface area (Å²) >= 11 is 0. The summed E-state index contributed by atoms with van der Waals surface area (Å²) in [4.78, 5) is 0. The average Bonchev–Trinajstić information content (AvgIpc) is 1.97. The van der Waals surface area contributed by atoms with Gasteiger partial charge in [-0.2, -0.15) is 0 Å². The molecule has 0 heteroatoms. The summed E-state index contributed by atoms with van der Waals surface area (Å²) in [6.45, 7) is 8.49. The molecule has 0 saturated carbocycles. The highest BCUT2D eigenvalue weighted by atomic mass is 14.0. The summed E-state index contributed by atoms with van der Waals surface area (Å²) < 4.78 is 0. The van der Waals surface area contributed by atoms with Gasteiger partial charge < -0.3 is 0 Å². The minimum atomic E-state index is 0.613. The Kier molecular flexibility index (Phi) is 5.54. The largest absolute Gasteiger partial charge is 0.0877 e. The first-order valence-corrected chi connectivity index (χ1v) is 4.18. The molecular formula is C11H18. The summed E-state index contributed by atoms with van der Waals surface area (Å²) in [5.74, 6) is 0.613. The molecule has 0 rings (SSSR count). The van der Waals surface area contributed by atoms with Crippen LogP contribution < -0.4 is 0 Å². The van der Waals surface area contributed by atoms with E-state index >= 15 is 0 Å². The number of hydrogen-bond donors (Lipinski definition) is 0. The van der Waals surface area contributed by atoms with Crippen LogP contribution in [0, 0.1) is 5.92 Å². The normalized spacial score (nSPS) is 14.1. The molecule has 0 aromatic rings. The third kappa shape index (κ3) is 4.60. The van der Waals surface area contributed by atoms with Crippen molar-refractivity contribution in [3.63, 3.8) is 0 Å². The standard InChI is InChI=1S/C11H18/c1-5-7-9-11(8-6-2)10(3)4/h5-10H,1-4H3. The van der Waals surface area contributed by atoms with E-state index in [4.69, 9.17) is 0 Å². The van der Waals surface area contributed by atoms with E-state index in [0.717, 1.165) is 0 Å². The van der Waals surface area contributed by atoms with Crippen LogP contribution in [0.3, 0.4) is 0 Å². The lowest BCUT2D eigenvalue weighted by atomic mass is 10.0. The molecule has 0 spiro atoms. The van der Waals surface area contributed by atoms with Crippen molar-refractivity contribution in [2.24, 2.45) is 5.92 Å². The number of rotatable bonds is 3. The van der Waals surface area contributed by atoms with Gasteiger partial charge in [0.25, 0.3) is 0 Å². The molecule has 0 heterocycles. The Morgan fingerprint density at radius 2 is 1.73 bits per heavy atom. The van der Waals surface area contributed by atoms with Gasteiger partial charge in [0.1, 0.15) is 0 Å². The van der Waals surface area contributed by atoms with Gasteiger partial charge in [0.2, 0.25) is 0 Å². The van der Waals surface area contributed by atoms with Crippen LogP contribution in [-0.2, 0) is 0 Å². The van der Waals surface area contributed by atoms with E-state index in [9.17, 15) is 0 Å². The van der Waals surface area contributed by atoms with Crippen molar-refractivity contribution >= 4 is 0 Å². The van der Waals surface area contributed by atoms with E-state index in [1.807, 2.05) is 19.9 Å². The Labute approximate surface area is 70.3 Å². The lowest BCUT2D eigenvalue weighted by Gasteiger charge is -2.03. The lowest BCUT2D eigenvalue weighted by Crippen LogP contribution is -1.88. The third-order valence-corrected chi connectivity index (χ3v) is 1.51. The Bertz CT molecular complexity index is 168. The molecule has 0 aliphatic carbocycles. The first-order chi connectivity index (χ1) is 5.22. The van der Waals surface area contributed by atoms with E-state index in [-0.39, 0.29) is 0 Å². The quantitative estimate of drug-likeness (QED) is 0.538. The van der Waals surface area contributed by atoms with Crippen LogP contribution in [0.25, 0.3) is 0 Å². The number of hydrogen-bond acceptors (Lipinski definition) is 0. The molecular weight excluding hydrogens is 132 g/mol. The van der Waals surface area contributed by atoms with Crippen LogP contribution >= 0.6 is 0 Å². The summed E-state index contributed by atoms with van der Waals surface area (Å²) in [6.07, 6.45) is 10.5. The van der Waals surface area contributed by atoms with E-state index in [0.29, 0.717) is 5.92 Å². The monoisotopic (exact) mass is 150 g/mol. The van der Waals surface area contributed by atoms with Crippen LogP contribution in [-0.4, -0.2) is 0 Å². The summed E-state index contributed by atoms with van der Waals surface area (Å²) in [7, 11) is 0. The fraction of sp³-hybridized carbons (Fsp3) is 0.455. The first-order valence-electron chi connectivity index (χ1n) is 4.18. The van der Waals surface area contributed by atoms with Crippen LogP contribution in [0.15, 0.2) is 36.0 Å². The van der Waals surface area contributed by atoms with E-state index < -0.39 is 0 Å². The molecule has 0 aliphatic rings. The SMILES string of the molecule is CC=CC=C(C=CC)C(C)C. The summed E-state index contributed by atoms with van der Waals surface area (Å²) in [5.41, 5.74) is 1.38. The first kappa shape index (κ1) is 10.2. The van der Waals surface area contributed by atoms with E-state index in [1.54, 1.807) is 0 Å². The molecule has 0 aliphatic heterocycles. The van der Waals surface area contributed by atoms with Gasteiger partial charge in [-0.15, -0.1) is 0 Å². The van der Waals surface area contributed by atoms with Gasteiger partial charge in [-0.1, -0.05) is 44.2 Å². The molecule has 0 saturated heterocycles.